The number of aromatic nitrogens is 6. The number of benzene rings is 1. The van der Waals surface area contributed by atoms with E-state index in [1.807, 2.05) is 0 Å². The standard InChI is InChI=1S/C11H9N7O2/c19-9-5-8(13-14-9)6-1-3-7(4-2-6)12-11(20)10-15-17-18-16-10/h1-5H,(H,12,20)(H2,13,14,19)(H,15,16,17,18). The summed E-state index contributed by atoms with van der Waals surface area (Å²) in [4.78, 5) is 22.7. The molecule has 20 heavy (non-hydrogen) atoms. The first-order valence-corrected chi connectivity index (χ1v) is 5.65. The molecule has 2 heterocycles. The van der Waals surface area contributed by atoms with Gasteiger partial charge in [-0.15, -0.1) is 10.2 Å². The van der Waals surface area contributed by atoms with Crippen LogP contribution in [-0.4, -0.2) is 36.7 Å². The van der Waals surface area contributed by atoms with Crippen molar-refractivity contribution in [3.8, 4) is 11.3 Å². The number of tetrazole rings is 1. The van der Waals surface area contributed by atoms with Gasteiger partial charge >= 0.3 is 0 Å². The fourth-order valence-corrected chi connectivity index (χ4v) is 1.67. The van der Waals surface area contributed by atoms with Crippen LogP contribution in [-0.2, 0) is 0 Å². The highest BCUT2D eigenvalue weighted by atomic mass is 16.2. The van der Waals surface area contributed by atoms with E-state index >= 15 is 0 Å². The van der Waals surface area contributed by atoms with Gasteiger partial charge in [0.05, 0.1) is 5.69 Å². The van der Waals surface area contributed by atoms with Crippen LogP contribution in [0.15, 0.2) is 35.1 Å². The highest BCUT2D eigenvalue weighted by Crippen LogP contribution is 2.18. The summed E-state index contributed by atoms with van der Waals surface area (Å²) in [5, 5.41) is 20.5. The molecule has 0 aliphatic carbocycles. The van der Waals surface area contributed by atoms with Gasteiger partial charge in [-0.3, -0.25) is 19.8 Å². The van der Waals surface area contributed by atoms with Crippen molar-refractivity contribution in [1.29, 1.82) is 0 Å². The SMILES string of the molecule is O=C(Nc1ccc(-c2cc(=O)[nH][nH]2)cc1)c1nn[nH]n1. The second kappa shape index (κ2) is 4.80. The zero-order valence-electron chi connectivity index (χ0n) is 10.0. The summed E-state index contributed by atoms with van der Waals surface area (Å²) < 4.78 is 0. The van der Waals surface area contributed by atoms with E-state index in [4.69, 9.17) is 0 Å². The molecule has 100 valence electrons. The van der Waals surface area contributed by atoms with Gasteiger partial charge in [0.2, 0.25) is 0 Å². The predicted molar refractivity (Wildman–Crippen MR) is 69.0 cm³/mol. The number of H-pyrrole nitrogens is 3. The fraction of sp³-hybridized carbons (Fsp3) is 0. The van der Waals surface area contributed by atoms with Crippen molar-refractivity contribution in [2.45, 2.75) is 0 Å². The van der Waals surface area contributed by atoms with Crippen molar-refractivity contribution in [2.24, 2.45) is 0 Å². The molecule has 0 aliphatic rings. The molecular weight excluding hydrogens is 262 g/mol. The van der Waals surface area contributed by atoms with E-state index in [1.54, 1.807) is 24.3 Å². The van der Waals surface area contributed by atoms with Crippen molar-refractivity contribution in [2.75, 3.05) is 5.32 Å². The smallest absolute Gasteiger partial charge is 0.297 e. The molecule has 1 aromatic carbocycles. The van der Waals surface area contributed by atoms with Crippen molar-refractivity contribution in [3.63, 3.8) is 0 Å². The molecule has 0 aliphatic heterocycles. The first kappa shape index (κ1) is 11.8. The average Bonchev–Trinajstić information content (AvgIpc) is 3.10. The Bertz CT molecular complexity index is 770. The molecule has 3 aromatic rings. The molecule has 0 atom stereocenters. The number of rotatable bonds is 3. The van der Waals surface area contributed by atoms with Crippen LogP contribution in [0.1, 0.15) is 10.6 Å². The molecule has 0 bridgehead atoms. The van der Waals surface area contributed by atoms with E-state index in [2.05, 4.69) is 36.1 Å². The molecule has 1 amide bonds. The highest BCUT2D eigenvalue weighted by Gasteiger charge is 2.10. The monoisotopic (exact) mass is 271 g/mol. The first-order valence-electron chi connectivity index (χ1n) is 5.65. The van der Waals surface area contributed by atoms with E-state index in [1.165, 1.54) is 6.07 Å². The molecule has 4 N–H and O–H groups in total. The van der Waals surface area contributed by atoms with Crippen LogP contribution in [0.5, 0.6) is 0 Å². The molecule has 0 spiro atoms. The van der Waals surface area contributed by atoms with E-state index < -0.39 is 5.91 Å². The van der Waals surface area contributed by atoms with Gasteiger partial charge < -0.3 is 5.32 Å². The van der Waals surface area contributed by atoms with E-state index in [0.717, 1.165) is 5.56 Å². The molecule has 9 nitrogen and oxygen atoms in total. The zero-order valence-corrected chi connectivity index (χ0v) is 10.0. The minimum absolute atomic E-state index is 0.0379. The number of hydrogen-bond donors (Lipinski definition) is 4. The molecule has 0 radical (unpaired) electrons. The summed E-state index contributed by atoms with van der Waals surface area (Å²) in [6, 6.07) is 8.40. The Kier molecular flexibility index (Phi) is 2.84. The maximum atomic E-state index is 11.7. The topological polar surface area (TPSA) is 132 Å². The number of aromatic amines is 3. The maximum Gasteiger partial charge on any atom is 0.297 e. The lowest BCUT2D eigenvalue weighted by atomic mass is 10.1. The third-order valence-corrected chi connectivity index (χ3v) is 2.60. The number of hydrogen-bond acceptors (Lipinski definition) is 5. The maximum absolute atomic E-state index is 11.7. The number of amides is 1. The molecule has 3 rings (SSSR count). The van der Waals surface area contributed by atoms with E-state index in [0.29, 0.717) is 11.4 Å². The van der Waals surface area contributed by atoms with E-state index in [9.17, 15) is 9.59 Å². The van der Waals surface area contributed by atoms with Gasteiger partial charge in [0.25, 0.3) is 17.3 Å². The van der Waals surface area contributed by atoms with Crippen LogP contribution >= 0.6 is 0 Å². The summed E-state index contributed by atoms with van der Waals surface area (Å²) in [6.45, 7) is 0. The van der Waals surface area contributed by atoms with Gasteiger partial charge in [-0.1, -0.05) is 12.1 Å². The largest absolute Gasteiger partial charge is 0.319 e. The number of anilines is 1. The number of nitrogens with zero attached hydrogens (tertiary/aromatic N) is 3. The summed E-state index contributed by atoms with van der Waals surface area (Å²) in [5.74, 6) is -0.495. The van der Waals surface area contributed by atoms with Crippen LogP contribution in [0.4, 0.5) is 5.69 Å². The minimum Gasteiger partial charge on any atom is -0.319 e. The van der Waals surface area contributed by atoms with Crippen molar-refractivity contribution >= 4 is 11.6 Å². The number of nitrogens with one attached hydrogen (secondary N) is 4. The van der Waals surface area contributed by atoms with Gasteiger partial charge in [0.1, 0.15) is 0 Å². The Labute approximate surface area is 111 Å². The summed E-state index contributed by atoms with van der Waals surface area (Å²) in [6.07, 6.45) is 0. The Morgan fingerprint density at radius 1 is 1.15 bits per heavy atom. The van der Waals surface area contributed by atoms with Crippen LogP contribution in [0.25, 0.3) is 11.3 Å². The minimum atomic E-state index is -0.457. The van der Waals surface area contributed by atoms with E-state index in [-0.39, 0.29) is 11.4 Å². The van der Waals surface area contributed by atoms with Gasteiger partial charge in [-0.25, -0.2) is 0 Å². The lowest BCUT2D eigenvalue weighted by molar-refractivity contribution is 0.101. The van der Waals surface area contributed by atoms with Crippen molar-refractivity contribution < 1.29 is 4.79 Å². The zero-order chi connectivity index (χ0) is 13.9. The Morgan fingerprint density at radius 3 is 2.55 bits per heavy atom. The third-order valence-electron chi connectivity index (χ3n) is 2.60. The summed E-state index contributed by atoms with van der Waals surface area (Å²) in [7, 11) is 0. The lowest BCUT2D eigenvalue weighted by Crippen LogP contribution is -2.13. The van der Waals surface area contributed by atoms with Crippen LogP contribution in [0.2, 0.25) is 0 Å². The second-order valence-electron chi connectivity index (χ2n) is 3.94. The predicted octanol–water partition coefficient (Wildman–Crippen LogP) is 0.135. The molecule has 0 unspecified atom stereocenters. The molecule has 9 heteroatoms. The van der Waals surface area contributed by atoms with Gasteiger partial charge in [-0.2, -0.15) is 5.21 Å². The quantitative estimate of drug-likeness (QED) is 0.537. The van der Waals surface area contributed by atoms with Crippen molar-refractivity contribution in [3.05, 3.63) is 46.5 Å². The molecular formula is C11H9N7O2. The highest BCUT2D eigenvalue weighted by molar-refractivity contribution is 6.01. The number of carbonyl (C=O) groups is 1. The first-order chi connectivity index (χ1) is 9.72. The van der Waals surface area contributed by atoms with Crippen LogP contribution in [0, 0.1) is 0 Å². The molecule has 0 saturated carbocycles. The summed E-state index contributed by atoms with van der Waals surface area (Å²) in [5.41, 5.74) is 1.88. The Hall–Kier alpha value is -3.23. The van der Waals surface area contributed by atoms with Gasteiger partial charge in [-0.05, 0) is 22.9 Å². The molecule has 0 saturated heterocycles. The number of carbonyl (C=O) groups excluding carboxylic acids is 1. The second-order valence-corrected chi connectivity index (χ2v) is 3.94. The Morgan fingerprint density at radius 2 is 1.95 bits per heavy atom. The van der Waals surface area contributed by atoms with Crippen LogP contribution < -0.4 is 10.9 Å². The molecule has 2 aromatic heterocycles. The van der Waals surface area contributed by atoms with Gasteiger partial charge in [0, 0.05) is 11.8 Å². The van der Waals surface area contributed by atoms with Crippen LogP contribution in [0.3, 0.4) is 0 Å². The lowest BCUT2D eigenvalue weighted by Gasteiger charge is -2.03. The average molecular weight is 271 g/mol. The third kappa shape index (κ3) is 2.32. The normalized spacial score (nSPS) is 10.4. The Balaban J connectivity index is 1.76. The van der Waals surface area contributed by atoms with Crippen molar-refractivity contribution in [1.82, 2.24) is 30.8 Å². The fourth-order valence-electron chi connectivity index (χ4n) is 1.67. The molecule has 0 fully saturated rings. The summed E-state index contributed by atoms with van der Waals surface area (Å²) >= 11 is 0. The van der Waals surface area contributed by atoms with Gasteiger partial charge in [0.15, 0.2) is 0 Å².